The van der Waals surface area contributed by atoms with Crippen molar-refractivity contribution in [2.24, 2.45) is 11.8 Å². The highest BCUT2D eigenvalue weighted by atomic mass is 35.5. The minimum Gasteiger partial charge on any atom is -0.462 e. The highest BCUT2D eigenvalue weighted by Gasteiger charge is 2.35. The first-order chi connectivity index (χ1) is 26.8. The number of hydrogen-bond acceptors (Lipinski definition) is 7. The SMILES string of the molecule is CC[C@@H]1CCC(=O)O1.CC[C@@H]1C[C@@H](Cc2c(Cl)cc(-c3ccc(F)cc3)cc2Cl)C(=O)O1.O=C1O[C@H](CO)C[C@H]1Cc1c(Cl)cc(-c2ccc(F)cc2)cc1Cl. The zero-order valence-corrected chi connectivity index (χ0v) is 33.9. The maximum atomic E-state index is 13.1. The van der Waals surface area contributed by atoms with Crippen molar-refractivity contribution in [3.05, 3.63) is 116 Å². The first-order valence-corrected chi connectivity index (χ1v) is 20.0. The number of esters is 3. The Balaban J connectivity index is 0.000000179. The van der Waals surface area contributed by atoms with E-state index < -0.39 is 6.10 Å². The van der Waals surface area contributed by atoms with Crippen LogP contribution in [0.2, 0.25) is 20.1 Å². The van der Waals surface area contributed by atoms with Gasteiger partial charge in [-0.15, -0.1) is 0 Å². The van der Waals surface area contributed by atoms with E-state index in [1.54, 1.807) is 48.5 Å². The van der Waals surface area contributed by atoms with Gasteiger partial charge in [0.25, 0.3) is 0 Å². The minimum absolute atomic E-state index is 0.0152. The third kappa shape index (κ3) is 11.4. The van der Waals surface area contributed by atoms with Gasteiger partial charge in [0.15, 0.2) is 0 Å². The standard InChI is InChI=1S/C19H17Cl2FO2.C18H15Cl2FO3.C6H10O2/c1-2-15-7-13(19(23)24-15)8-16-17(20)9-12(10-18(16)21)11-3-5-14(22)6-4-11;19-16-7-11(10-1-3-13(21)4-2-10)8-17(20)15(16)6-12-5-14(9-22)24-18(12)23;1-2-5-3-4-6(7)8-5/h3-6,9-10,13,15H,2,7-8H2,1H3;1-4,7-8,12,14,22H,5-6,9H2;5H,2-4H2,1H3/t13-,15+;12-,14-;5-/m001/s1. The third-order valence-electron chi connectivity index (χ3n) is 9.95. The van der Waals surface area contributed by atoms with Gasteiger partial charge >= 0.3 is 17.9 Å². The van der Waals surface area contributed by atoms with Gasteiger partial charge in [0.05, 0.1) is 18.4 Å². The second-order valence-corrected chi connectivity index (χ2v) is 15.5. The van der Waals surface area contributed by atoms with Crippen molar-refractivity contribution < 1.29 is 42.5 Å². The number of hydrogen-bond donors (Lipinski definition) is 1. The molecule has 0 bridgehead atoms. The fourth-order valence-electron chi connectivity index (χ4n) is 6.72. The summed E-state index contributed by atoms with van der Waals surface area (Å²) in [6, 6.07) is 19.3. The van der Waals surface area contributed by atoms with Crippen molar-refractivity contribution in [3.8, 4) is 22.3 Å². The van der Waals surface area contributed by atoms with Crippen molar-refractivity contribution >= 4 is 64.3 Å². The van der Waals surface area contributed by atoms with Gasteiger partial charge in [-0.2, -0.15) is 0 Å². The maximum Gasteiger partial charge on any atom is 0.309 e. The summed E-state index contributed by atoms with van der Waals surface area (Å²) in [7, 11) is 0. The van der Waals surface area contributed by atoms with E-state index in [1.807, 2.05) is 13.8 Å². The zero-order chi connectivity index (χ0) is 40.5. The molecule has 4 aromatic rings. The molecule has 56 heavy (non-hydrogen) atoms. The Hall–Kier alpha value is -3.73. The van der Waals surface area contributed by atoms with E-state index in [9.17, 15) is 23.2 Å². The molecule has 3 fully saturated rings. The average Bonchev–Trinajstić information content (AvgIpc) is 3.88. The summed E-state index contributed by atoms with van der Waals surface area (Å²) in [4.78, 5) is 34.2. The van der Waals surface area contributed by atoms with Crippen molar-refractivity contribution in [2.45, 2.75) is 83.5 Å². The van der Waals surface area contributed by atoms with E-state index in [1.165, 1.54) is 24.3 Å². The lowest BCUT2D eigenvalue weighted by molar-refractivity contribution is -0.145. The summed E-state index contributed by atoms with van der Waals surface area (Å²) < 4.78 is 41.3. The zero-order valence-electron chi connectivity index (χ0n) is 30.8. The minimum atomic E-state index is -0.460. The Morgan fingerprint density at radius 3 is 1.29 bits per heavy atom. The lowest BCUT2D eigenvalue weighted by Crippen LogP contribution is -2.11. The normalized spacial score (nSPS) is 21.4. The predicted molar refractivity (Wildman–Crippen MR) is 214 cm³/mol. The number of aliphatic hydroxyl groups excluding tert-OH is 1. The molecule has 13 heteroatoms. The van der Waals surface area contributed by atoms with Crippen LogP contribution in [0.3, 0.4) is 0 Å². The molecule has 1 N–H and O–H groups in total. The molecule has 4 aromatic carbocycles. The van der Waals surface area contributed by atoms with Crippen LogP contribution in [0.15, 0.2) is 72.8 Å². The molecule has 0 aromatic heterocycles. The van der Waals surface area contributed by atoms with Crippen LogP contribution in [-0.2, 0) is 41.4 Å². The third-order valence-corrected chi connectivity index (χ3v) is 11.3. The van der Waals surface area contributed by atoms with E-state index in [2.05, 4.69) is 0 Å². The van der Waals surface area contributed by atoms with Crippen molar-refractivity contribution in [3.63, 3.8) is 0 Å². The molecular weight excluding hydrogens is 808 g/mol. The van der Waals surface area contributed by atoms with Crippen LogP contribution >= 0.6 is 46.4 Å². The fourth-order valence-corrected chi connectivity index (χ4v) is 8.00. The topological polar surface area (TPSA) is 99.1 Å². The fraction of sp³-hybridized carbons (Fsp3) is 0.372. The number of aliphatic hydroxyl groups is 1. The van der Waals surface area contributed by atoms with Crippen LogP contribution in [0.4, 0.5) is 8.78 Å². The van der Waals surface area contributed by atoms with E-state index in [0.29, 0.717) is 57.8 Å². The van der Waals surface area contributed by atoms with Gasteiger partial charge in [-0.25, -0.2) is 8.78 Å². The lowest BCUT2D eigenvalue weighted by Gasteiger charge is -2.12. The lowest BCUT2D eigenvalue weighted by atomic mass is 9.94. The van der Waals surface area contributed by atoms with Crippen LogP contribution in [0.1, 0.15) is 63.5 Å². The second kappa shape index (κ2) is 20.1. The van der Waals surface area contributed by atoms with Crippen LogP contribution < -0.4 is 0 Å². The summed E-state index contributed by atoms with van der Waals surface area (Å²) in [5.74, 6) is -1.74. The molecule has 0 unspecified atom stereocenters. The van der Waals surface area contributed by atoms with Crippen molar-refractivity contribution in [1.29, 1.82) is 0 Å². The Kier molecular flexibility index (Phi) is 15.6. The van der Waals surface area contributed by atoms with E-state index in [0.717, 1.165) is 47.1 Å². The molecule has 7 nitrogen and oxygen atoms in total. The van der Waals surface area contributed by atoms with Gasteiger partial charge in [-0.1, -0.05) is 84.5 Å². The first kappa shape index (κ1) is 43.4. The number of rotatable bonds is 9. The number of cyclic esters (lactones) is 3. The van der Waals surface area contributed by atoms with Crippen molar-refractivity contribution in [2.75, 3.05) is 6.61 Å². The van der Waals surface area contributed by atoms with E-state index in [-0.39, 0.29) is 60.2 Å². The van der Waals surface area contributed by atoms with Gasteiger partial charge in [0.2, 0.25) is 0 Å². The number of ether oxygens (including phenoxy) is 3. The average molecular weight is 851 g/mol. The van der Waals surface area contributed by atoms with Gasteiger partial charge in [-0.3, -0.25) is 14.4 Å². The number of carbonyl (C=O) groups is 3. The molecule has 0 spiro atoms. The first-order valence-electron chi connectivity index (χ1n) is 18.5. The van der Waals surface area contributed by atoms with Gasteiger partial charge in [-0.05, 0) is 120 Å². The van der Waals surface area contributed by atoms with E-state index >= 15 is 0 Å². The molecule has 298 valence electrons. The Morgan fingerprint density at radius 1 is 0.589 bits per heavy atom. The molecule has 3 aliphatic heterocycles. The summed E-state index contributed by atoms with van der Waals surface area (Å²) in [5, 5.41) is 11.0. The second-order valence-electron chi connectivity index (χ2n) is 13.9. The molecule has 0 radical (unpaired) electrons. The van der Waals surface area contributed by atoms with Crippen LogP contribution in [0.25, 0.3) is 22.3 Å². The molecule has 0 saturated carbocycles. The molecule has 7 rings (SSSR count). The van der Waals surface area contributed by atoms with Crippen molar-refractivity contribution in [1.82, 2.24) is 0 Å². The molecule has 5 atom stereocenters. The number of benzene rings is 4. The van der Waals surface area contributed by atoms with Gasteiger partial charge in [0.1, 0.15) is 29.9 Å². The quantitative estimate of drug-likeness (QED) is 0.132. The smallest absolute Gasteiger partial charge is 0.309 e. The summed E-state index contributed by atoms with van der Waals surface area (Å²) in [6.07, 6.45) is 5.04. The Bertz CT molecular complexity index is 1830. The van der Waals surface area contributed by atoms with Gasteiger partial charge < -0.3 is 19.3 Å². The molecule has 3 aliphatic rings. The highest BCUT2D eigenvalue weighted by molar-refractivity contribution is 6.37. The highest BCUT2D eigenvalue weighted by Crippen LogP contribution is 2.37. The Labute approximate surface area is 345 Å². The molecule has 0 amide bonds. The van der Waals surface area contributed by atoms with Gasteiger partial charge in [0, 0.05) is 32.9 Å². The number of halogens is 6. The maximum absolute atomic E-state index is 13.1. The largest absolute Gasteiger partial charge is 0.462 e. The summed E-state index contributed by atoms with van der Waals surface area (Å²) in [5.41, 5.74) is 4.64. The molecular formula is C43H42Cl4F2O7. The summed E-state index contributed by atoms with van der Waals surface area (Å²) >= 11 is 25.5. The predicted octanol–water partition coefficient (Wildman–Crippen LogP) is 11.1. The van der Waals surface area contributed by atoms with Crippen LogP contribution in [0, 0.1) is 23.5 Å². The van der Waals surface area contributed by atoms with Crippen LogP contribution in [-0.4, -0.2) is 47.9 Å². The molecule has 3 saturated heterocycles. The summed E-state index contributed by atoms with van der Waals surface area (Å²) in [6.45, 7) is 3.84. The molecule has 3 heterocycles. The Morgan fingerprint density at radius 2 is 0.982 bits per heavy atom. The molecule has 0 aliphatic carbocycles. The van der Waals surface area contributed by atoms with Crippen LogP contribution in [0.5, 0.6) is 0 Å². The van der Waals surface area contributed by atoms with E-state index in [4.69, 9.17) is 65.7 Å². The number of carbonyl (C=O) groups excluding carboxylic acids is 3. The monoisotopic (exact) mass is 848 g/mol.